The molecule has 1 saturated heterocycles. The molecule has 0 spiro atoms. The van der Waals surface area contributed by atoms with Crippen LogP contribution in [0, 0.1) is 0 Å². The molecule has 4 heteroatoms. The topological polar surface area (TPSA) is 29.5 Å². The van der Waals surface area contributed by atoms with Gasteiger partial charge in [0, 0.05) is 29.4 Å². The van der Waals surface area contributed by atoms with E-state index in [0.717, 1.165) is 25.1 Å². The van der Waals surface area contributed by atoms with Crippen molar-refractivity contribution >= 4 is 23.6 Å². The highest BCUT2D eigenvalue weighted by Crippen LogP contribution is 2.29. The summed E-state index contributed by atoms with van der Waals surface area (Å²) >= 11 is 6.03. The zero-order valence-corrected chi connectivity index (χ0v) is 11.7. The van der Waals surface area contributed by atoms with E-state index in [9.17, 15) is 4.79 Å². The highest BCUT2D eigenvalue weighted by molar-refractivity contribution is 6.31. The van der Waals surface area contributed by atoms with Gasteiger partial charge in [-0.25, -0.2) is 0 Å². The lowest BCUT2D eigenvalue weighted by Gasteiger charge is -2.43. The number of aldehydes is 1. The van der Waals surface area contributed by atoms with Gasteiger partial charge in [-0.3, -0.25) is 4.79 Å². The summed E-state index contributed by atoms with van der Waals surface area (Å²) in [4.78, 5) is 13.3. The first-order valence-corrected chi connectivity index (χ1v) is 6.46. The van der Waals surface area contributed by atoms with Crippen molar-refractivity contribution in [3.05, 3.63) is 28.8 Å². The van der Waals surface area contributed by atoms with E-state index >= 15 is 0 Å². The maximum absolute atomic E-state index is 11.1. The number of morpholine rings is 1. The van der Waals surface area contributed by atoms with E-state index in [1.807, 2.05) is 13.0 Å². The van der Waals surface area contributed by atoms with Crippen LogP contribution in [-0.4, -0.2) is 31.1 Å². The van der Waals surface area contributed by atoms with Crippen molar-refractivity contribution in [2.75, 3.05) is 18.0 Å². The van der Waals surface area contributed by atoms with Crippen LogP contribution in [0.25, 0.3) is 0 Å². The van der Waals surface area contributed by atoms with Crippen molar-refractivity contribution in [3.8, 4) is 0 Å². The molecule has 0 aromatic heterocycles. The molecule has 1 aliphatic rings. The van der Waals surface area contributed by atoms with Gasteiger partial charge >= 0.3 is 0 Å². The van der Waals surface area contributed by atoms with Crippen molar-refractivity contribution in [3.63, 3.8) is 0 Å². The average molecular weight is 268 g/mol. The Bertz CT molecular complexity index is 459. The van der Waals surface area contributed by atoms with E-state index in [0.29, 0.717) is 10.6 Å². The molecule has 1 atom stereocenters. The van der Waals surface area contributed by atoms with Crippen LogP contribution < -0.4 is 4.90 Å². The number of carbonyl (C=O) groups excluding carboxylic acids is 1. The second-order valence-corrected chi connectivity index (χ2v) is 5.83. The summed E-state index contributed by atoms with van der Waals surface area (Å²) in [6.45, 7) is 7.67. The number of hydrogen-bond acceptors (Lipinski definition) is 3. The first-order valence-electron chi connectivity index (χ1n) is 6.09. The van der Waals surface area contributed by atoms with Gasteiger partial charge in [0.25, 0.3) is 0 Å². The fourth-order valence-corrected chi connectivity index (χ4v) is 2.69. The lowest BCUT2D eigenvalue weighted by atomic mass is 10.0. The van der Waals surface area contributed by atoms with E-state index < -0.39 is 0 Å². The number of carbonyl (C=O) groups is 1. The summed E-state index contributed by atoms with van der Waals surface area (Å²) in [5.41, 5.74) is 1.34. The van der Waals surface area contributed by atoms with E-state index in [2.05, 4.69) is 18.7 Å². The Labute approximate surface area is 113 Å². The predicted molar refractivity (Wildman–Crippen MR) is 73.7 cm³/mol. The molecule has 1 aromatic rings. The summed E-state index contributed by atoms with van der Waals surface area (Å²) in [6, 6.07) is 5.35. The lowest BCUT2D eigenvalue weighted by molar-refractivity contribution is -0.0749. The van der Waals surface area contributed by atoms with Crippen molar-refractivity contribution < 1.29 is 9.53 Å². The molecule has 0 radical (unpaired) electrons. The van der Waals surface area contributed by atoms with Gasteiger partial charge < -0.3 is 9.64 Å². The van der Waals surface area contributed by atoms with Crippen LogP contribution in [0.1, 0.15) is 31.1 Å². The molecule has 3 nitrogen and oxygen atoms in total. The molecule has 18 heavy (non-hydrogen) atoms. The van der Waals surface area contributed by atoms with Gasteiger partial charge in [-0.1, -0.05) is 11.6 Å². The Morgan fingerprint density at radius 1 is 1.50 bits per heavy atom. The molecule has 1 aliphatic heterocycles. The maximum Gasteiger partial charge on any atom is 0.152 e. The summed E-state index contributed by atoms with van der Waals surface area (Å²) < 4.78 is 5.87. The SMILES string of the molecule is CC1CN(c2cc(Cl)ccc2C=O)CC(C)(C)O1. The molecule has 1 unspecified atom stereocenters. The van der Waals surface area contributed by atoms with Crippen molar-refractivity contribution in [2.24, 2.45) is 0 Å². The minimum atomic E-state index is -0.222. The molecule has 0 amide bonds. The molecule has 2 rings (SSSR count). The Morgan fingerprint density at radius 3 is 2.83 bits per heavy atom. The number of anilines is 1. The first-order chi connectivity index (χ1) is 8.41. The van der Waals surface area contributed by atoms with Crippen LogP contribution in [0.3, 0.4) is 0 Å². The predicted octanol–water partition coefficient (Wildman–Crippen LogP) is 3.16. The Kier molecular flexibility index (Phi) is 3.64. The van der Waals surface area contributed by atoms with E-state index in [4.69, 9.17) is 16.3 Å². The van der Waals surface area contributed by atoms with Crippen LogP contribution in [0.2, 0.25) is 5.02 Å². The van der Waals surface area contributed by atoms with Crippen molar-refractivity contribution in [2.45, 2.75) is 32.5 Å². The van der Waals surface area contributed by atoms with Gasteiger partial charge in [0.05, 0.1) is 11.7 Å². The maximum atomic E-state index is 11.1. The summed E-state index contributed by atoms with van der Waals surface area (Å²) in [5, 5.41) is 0.646. The number of halogens is 1. The van der Waals surface area contributed by atoms with Crippen LogP contribution in [0.5, 0.6) is 0 Å². The molecule has 0 N–H and O–H groups in total. The summed E-state index contributed by atoms with van der Waals surface area (Å²) in [7, 11) is 0. The van der Waals surface area contributed by atoms with Gasteiger partial charge in [0.2, 0.25) is 0 Å². The highest BCUT2D eigenvalue weighted by atomic mass is 35.5. The van der Waals surface area contributed by atoms with E-state index in [-0.39, 0.29) is 11.7 Å². The Hall–Kier alpha value is -1.06. The number of rotatable bonds is 2. The van der Waals surface area contributed by atoms with Crippen LogP contribution >= 0.6 is 11.6 Å². The minimum absolute atomic E-state index is 0.132. The summed E-state index contributed by atoms with van der Waals surface area (Å²) in [5.74, 6) is 0. The third kappa shape index (κ3) is 2.85. The van der Waals surface area contributed by atoms with E-state index in [1.165, 1.54) is 0 Å². The van der Waals surface area contributed by atoms with Crippen LogP contribution in [-0.2, 0) is 4.74 Å². The first kappa shape index (κ1) is 13.4. The fraction of sp³-hybridized carbons (Fsp3) is 0.500. The van der Waals surface area contributed by atoms with Gasteiger partial charge in [-0.15, -0.1) is 0 Å². The smallest absolute Gasteiger partial charge is 0.152 e. The third-order valence-electron chi connectivity index (χ3n) is 3.03. The molecule has 1 heterocycles. The molecule has 0 saturated carbocycles. The van der Waals surface area contributed by atoms with Gasteiger partial charge in [0.15, 0.2) is 6.29 Å². The standard InChI is InChI=1S/C14H18ClNO2/c1-10-7-16(9-14(2,3)18-10)13-6-12(15)5-4-11(13)8-17/h4-6,8,10H,7,9H2,1-3H3. The van der Waals surface area contributed by atoms with Gasteiger partial charge in [0.1, 0.15) is 0 Å². The second-order valence-electron chi connectivity index (χ2n) is 5.39. The fourth-order valence-electron chi connectivity index (χ4n) is 2.53. The minimum Gasteiger partial charge on any atom is -0.369 e. The third-order valence-corrected chi connectivity index (χ3v) is 3.26. The van der Waals surface area contributed by atoms with Gasteiger partial charge in [-0.05, 0) is 39.0 Å². The van der Waals surface area contributed by atoms with Gasteiger partial charge in [-0.2, -0.15) is 0 Å². The molecule has 1 aromatic carbocycles. The molecule has 0 bridgehead atoms. The Balaban J connectivity index is 2.35. The van der Waals surface area contributed by atoms with Crippen molar-refractivity contribution in [1.29, 1.82) is 0 Å². The molecular weight excluding hydrogens is 250 g/mol. The monoisotopic (exact) mass is 267 g/mol. The highest BCUT2D eigenvalue weighted by Gasteiger charge is 2.32. The number of nitrogens with zero attached hydrogens (tertiary/aromatic N) is 1. The molecule has 1 fully saturated rings. The van der Waals surface area contributed by atoms with Crippen LogP contribution in [0.4, 0.5) is 5.69 Å². The molecule has 98 valence electrons. The lowest BCUT2D eigenvalue weighted by Crippen LogP contribution is -2.52. The largest absolute Gasteiger partial charge is 0.369 e. The summed E-state index contributed by atoms with van der Waals surface area (Å²) in [6.07, 6.45) is 1.01. The zero-order valence-electron chi connectivity index (χ0n) is 10.9. The Morgan fingerprint density at radius 2 is 2.22 bits per heavy atom. The normalized spacial score (nSPS) is 22.9. The van der Waals surface area contributed by atoms with Crippen molar-refractivity contribution in [1.82, 2.24) is 0 Å². The second kappa shape index (κ2) is 4.90. The number of benzene rings is 1. The number of ether oxygens (including phenoxy) is 1. The molecular formula is C14H18ClNO2. The molecule has 0 aliphatic carbocycles. The van der Waals surface area contributed by atoms with Crippen LogP contribution in [0.15, 0.2) is 18.2 Å². The average Bonchev–Trinajstić information content (AvgIpc) is 2.26. The number of hydrogen-bond donors (Lipinski definition) is 0. The zero-order chi connectivity index (χ0) is 13.3. The quantitative estimate of drug-likeness (QED) is 0.771. The van der Waals surface area contributed by atoms with E-state index in [1.54, 1.807) is 12.1 Å².